The number of hydrogen-bond acceptors (Lipinski definition) is 5. The third-order valence-corrected chi connectivity index (χ3v) is 4.13. The summed E-state index contributed by atoms with van der Waals surface area (Å²) in [4.78, 5) is 20.9. The van der Waals surface area contributed by atoms with Gasteiger partial charge in [0.05, 0.1) is 11.0 Å². The zero-order valence-corrected chi connectivity index (χ0v) is 12.5. The standard InChI is InChI=1S/C16H12N2O3S/c1-22(20,21)16-14(15(19)11-7-3-2-4-8-11)17-12-9-5-6-10-13(12)18-16/h2-10H,1H3. The van der Waals surface area contributed by atoms with E-state index >= 15 is 0 Å². The maximum atomic E-state index is 12.6. The summed E-state index contributed by atoms with van der Waals surface area (Å²) in [6.45, 7) is 0. The maximum absolute atomic E-state index is 12.6. The minimum atomic E-state index is -3.67. The SMILES string of the molecule is CS(=O)(=O)c1nc2ccccc2nc1C(=O)c1ccccc1. The lowest BCUT2D eigenvalue weighted by Gasteiger charge is -2.07. The van der Waals surface area contributed by atoms with Crippen molar-refractivity contribution in [3.8, 4) is 0 Å². The van der Waals surface area contributed by atoms with Crippen LogP contribution in [0.1, 0.15) is 16.1 Å². The molecule has 0 fully saturated rings. The summed E-state index contributed by atoms with van der Waals surface area (Å²) in [5.74, 6) is -0.459. The Balaban J connectivity index is 2.30. The zero-order chi connectivity index (χ0) is 15.7. The Morgan fingerprint density at radius 2 is 1.41 bits per heavy atom. The molecule has 0 saturated heterocycles. The Hall–Kier alpha value is -2.60. The molecule has 1 aromatic heterocycles. The molecule has 3 rings (SSSR count). The van der Waals surface area contributed by atoms with Crippen molar-refractivity contribution < 1.29 is 13.2 Å². The predicted molar refractivity (Wildman–Crippen MR) is 82.5 cm³/mol. The second-order valence-corrected chi connectivity index (χ2v) is 6.76. The first-order valence-corrected chi connectivity index (χ1v) is 8.42. The number of hydrogen-bond donors (Lipinski definition) is 0. The summed E-state index contributed by atoms with van der Waals surface area (Å²) >= 11 is 0. The molecule has 0 atom stereocenters. The van der Waals surface area contributed by atoms with Crippen LogP contribution in [0.25, 0.3) is 11.0 Å². The number of rotatable bonds is 3. The van der Waals surface area contributed by atoms with E-state index in [1.807, 2.05) is 0 Å². The maximum Gasteiger partial charge on any atom is 0.214 e. The highest BCUT2D eigenvalue weighted by Crippen LogP contribution is 2.19. The van der Waals surface area contributed by atoms with E-state index in [2.05, 4.69) is 9.97 Å². The summed E-state index contributed by atoms with van der Waals surface area (Å²) in [6.07, 6.45) is 1.02. The van der Waals surface area contributed by atoms with Gasteiger partial charge < -0.3 is 0 Å². The van der Waals surface area contributed by atoms with Gasteiger partial charge in [-0.25, -0.2) is 18.4 Å². The van der Waals surface area contributed by atoms with Gasteiger partial charge in [0, 0.05) is 11.8 Å². The van der Waals surface area contributed by atoms with Crippen molar-refractivity contribution in [2.75, 3.05) is 6.26 Å². The van der Waals surface area contributed by atoms with Gasteiger partial charge in [-0.1, -0.05) is 42.5 Å². The molecule has 6 heteroatoms. The van der Waals surface area contributed by atoms with Crippen molar-refractivity contribution in [2.45, 2.75) is 5.03 Å². The smallest absolute Gasteiger partial charge is 0.214 e. The average Bonchev–Trinajstić information content (AvgIpc) is 2.53. The number of sulfone groups is 1. The second-order valence-electron chi connectivity index (χ2n) is 4.83. The van der Waals surface area contributed by atoms with Crippen LogP contribution in [-0.4, -0.2) is 30.4 Å². The van der Waals surface area contributed by atoms with E-state index in [-0.39, 0.29) is 10.7 Å². The van der Waals surface area contributed by atoms with Crippen LogP contribution in [-0.2, 0) is 9.84 Å². The number of para-hydroxylation sites is 2. The van der Waals surface area contributed by atoms with Crippen molar-refractivity contribution in [2.24, 2.45) is 0 Å². The fourth-order valence-electron chi connectivity index (χ4n) is 2.12. The third-order valence-electron chi connectivity index (χ3n) is 3.14. The lowest BCUT2D eigenvalue weighted by molar-refractivity contribution is 0.103. The van der Waals surface area contributed by atoms with Gasteiger partial charge in [0.2, 0.25) is 5.78 Å². The van der Waals surface area contributed by atoms with Crippen LogP contribution in [0.2, 0.25) is 0 Å². The molecule has 0 unspecified atom stereocenters. The largest absolute Gasteiger partial charge is 0.287 e. The Morgan fingerprint density at radius 3 is 2.00 bits per heavy atom. The molecule has 22 heavy (non-hydrogen) atoms. The molecule has 0 aliphatic rings. The first-order chi connectivity index (χ1) is 10.5. The molecule has 5 nitrogen and oxygen atoms in total. The highest BCUT2D eigenvalue weighted by Gasteiger charge is 2.24. The van der Waals surface area contributed by atoms with E-state index < -0.39 is 15.6 Å². The first kappa shape index (κ1) is 14.3. The van der Waals surface area contributed by atoms with Crippen LogP contribution >= 0.6 is 0 Å². The molecular weight excluding hydrogens is 300 g/mol. The number of fused-ring (bicyclic) bond motifs is 1. The quantitative estimate of drug-likeness (QED) is 0.693. The van der Waals surface area contributed by atoms with Gasteiger partial charge in [-0.15, -0.1) is 0 Å². The number of nitrogens with zero attached hydrogens (tertiary/aromatic N) is 2. The van der Waals surface area contributed by atoms with E-state index in [0.717, 1.165) is 6.26 Å². The fourth-order valence-corrected chi connectivity index (χ4v) is 2.87. The first-order valence-electron chi connectivity index (χ1n) is 6.53. The molecule has 0 spiro atoms. The van der Waals surface area contributed by atoms with E-state index in [0.29, 0.717) is 16.6 Å². The third kappa shape index (κ3) is 2.60. The average molecular weight is 312 g/mol. The molecule has 110 valence electrons. The van der Waals surface area contributed by atoms with Crippen LogP contribution < -0.4 is 0 Å². The van der Waals surface area contributed by atoms with Crippen molar-refractivity contribution in [1.29, 1.82) is 0 Å². The van der Waals surface area contributed by atoms with Gasteiger partial charge in [-0.05, 0) is 12.1 Å². The molecule has 0 aliphatic carbocycles. The van der Waals surface area contributed by atoms with Crippen LogP contribution in [0.5, 0.6) is 0 Å². The summed E-state index contributed by atoms with van der Waals surface area (Å²) in [7, 11) is -3.67. The number of ketones is 1. The van der Waals surface area contributed by atoms with E-state index in [1.54, 1.807) is 54.6 Å². The molecule has 0 saturated carbocycles. The van der Waals surface area contributed by atoms with Gasteiger partial charge in [0.15, 0.2) is 14.9 Å². The number of carbonyl (C=O) groups excluding carboxylic acids is 1. The van der Waals surface area contributed by atoms with Gasteiger partial charge in [0.25, 0.3) is 0 Å². The molecule has 0 aliphatic heterocycles. The lowest BCUT2D eigenvalue weighted by atomic mass is 10.1. The lowest BCUT2D eigenvalue weighted by Crippen LogP contribution is -2.14. The molecular formula is C16H12N2O3S. The van der Waals surface area contributed by atoms with Crippen molar-refractivity contribution in [3.63, 3.8) is 0 Å². The monoisotopic (exact) mass is 312 g/mol. The van der Waals surface area contributed by atoms with Crippen LogP contribution in [0.4, 0.5) is 0 Å². The van der Waals surface area contributed by atoms with Crippen LogP contribution in [0.3, 0.4) is 0 Å². The normalized spacial score (nSPS) is 11.5. The molecule has 0 N–H and O–H groups in total. The minimum absolute atomic E-state index is 0.146. The number of benzene rings is 2. The zero-order valence-electron chi connectivity index (χ0n) is 11.7. The number of aromatic nitrogens is 2. The Morgan fingerprint density at radius 1 is 0.864 bits per heavy atom. The second kappa shape index (κ2) is 5.31. The fraction of sp³-hybridized carbons (Fsp3) is 0.0625. The summed E-state index contributed by atoms with van der Waals surface area (Å²) in [6, 6.07) is 15.3. The molecule has 3 aromatic rings. The van der Waals surface area contributed by atoms with Crippen molar-refractivity contribution in [1.82, 2.24) is 9.97 Å². The van der Waals surface area contributed by atoms with Gasteiger partial charge in [-0.3, -0.25) is 4.79 Å². The Bertz CT molecular complexity index is 967. The van der Waals surface area contributed by atoms with Crippen LogP contribution in [0.15, 0.2) is 59.6 Å². The molecule has 0 amide bonds. The van der Waals surface area contributed by atoms with Crippen molar-refractivity contribution >= 4 is 26.7 Å². The topological polar surface area (TPSA) is 77.0 Å². The van der Waals surface area contributed by atoms with E-state index in [4.69, 9.17) is 0 Å². The van der Waals surface area contributed by atoms with Gasteiger partial charge >= 0.3 is 0 Å². The predicted octanol–water partition coefficient (Wildman–Crippen LogP) is 2.26. The molecule has 1 heterocycles. The molecule has 2 aromatic carbocycles. The van der Waals surface area contributed by atoms with Gasteiger partial charge in [0.1, 0.15) is 5.69 Å². The van der Waals surface area contributed by atoms with E-state index in [9.17, 15) is 13.2 Å². The Kier molecular flexibility index (Phi) is 3.46. The molecule has 0 radical (unpaired) electrons. The minimum Gasteiger partial charge on any atom is -0.287 e. The number of carbonyl (C=O) groups is 1. The summed E-state index contributed by atoms with van der Waals surface area (Å²) in [5, 5.41) is -0.292. The van der Waals surface area contributed by atoms with E-state index in [1.165, 1.54) is 0 Å². The van der Waals surface area contributed by atoms with Crippen molar-refractivity contribution in [3.05, 3.63) is 65.9 Å². The highest BCUT2D eigenvalue weighted by molar-refractivity contribution is 7.90. The highest BCUT2D eigenvalue weighted by atomic mass is 32.2. The molecule has 0 bridgehead atoms. The van der Waals surface area contributed by atoms with Gasteiger partial charge in [-0.2, -0.15) is 0 Å². The summed E-state index contributed by atoms with van der Waals surface area (Å²) < 4.78 is 24.0. The summed E-state index contributed by atoms with van der Waals surface area (Å²) in [5.41, 5.74) is 1.14. The van der Waals surface area contributed by atoms with Crippen LogP contribution in [0, 0.1) is 0 Å². The Labute approximate surface area is 127 Å².